The third-order valence-corrected chi connectivity index (χ3v) is 4.97. The number of carbonyl (C=O) groups excluding carboxylic acids is 1. The number of tetrazole rings is 1. The van der Waals surface area contributed by atoms with Crippen molar-refractivity contribution >= 4 is 17.7 Å². The number of rotatable bonds is 4. The Morgan fingerprint density at radius 3 is 3.00 bits per heavy atom. The summed E-state index contributed by atoms with van der Waals surface area (Å²) in [6, 6.07) is 0.404. The van der Waals surface area contributed by atoms with Crippen LogP contribution in [0.4, 0.5) is 0 Å². The van der Waals surface area contributed by atoms with Gasteiger partial charge in [0.2, 0.25) is 11.1 Å². The van der Waals surface area contributed by atoms with E-state index in [4.69, 9.17) is 4.74 Å². The molecule has 1 aliphatic carbocycles. The normalized spacial score (nSPS) is 23.7. The molecule has 1 aliphatic heterocycles. The lowest BCUT2D eigenvalue weighted by atomic mass is 10.3. The van der Waals surface area contributed by atoms with E-state index in [0.29, 0.717) is 31.5 Å². The minimum absolute atomic E-state index is 0.122. The Morgan fingerprint density at radius 2 is 2.24 bits per heavy atom. The van der Waals surface area contributed by atoms with Gasteiger partial charge in [-0.15, -0.1) is 5.10 Å². The largest absolute Gasteiger partial charge is 0.375 e. The zero-order valence-electron chi connectivity index (χ0n) is 12.3. The molecule has 1 atom stereocenters. The number of aromatic nitrogens is 4. The van der Waals surface area contributed by atoms with E-state index in [2.05, 4.69) is 15.5 Å². The van der Waals surface area contributed by atoms with Crippen LogP contribution in [0.2, 0.25) is 0 Å². The highest BCUT2D eigenvalue weighted by atomic mass is 32.2. The number of amides is 1. The van der Waals surface area contributed by atoms with Gasteiger partial charge in [-0.1, -0.05) is 24.6 Å². The van der Waals surface area contributed by atoms with Gasteiger partial charge in [0, 0.05) is 13.1 Å². The Labute approximate surface area is 128 Å². The van der Waals surface area contributed by atoms with Gasteiger partial charge in [-0.25, -0.2) is 4.68 Å². The maximum atomic E-state index is 12.2. The Bertz CT molecular complexity index is 489. The standard InChI is InChI=1S/C13H21N5O2S/c1-10-8-17(6-7-20-10)12(19)9-21-13-14-15-16-18(13)11-4-2-3-5-11/h10-11H,2-9H2,1H3. The van der Waals surface area contributed by atoms with Crippen LogP contribution in [0.1, 0.15) is 38.6 Å². The summed E-state index contributed by atoms with van der Waals surface area (Å²) >= 11 is 1.44. The molecule has 7 nitrogen and oxygen atoms in total. The first-order chi connectivity index (χ1) is 10.2. The van der Waals surface area contributed by atoms with Crippen LogP contribution in [0.5, 0.6) is 0 Å². The molecule has 116 valence electrons. The van der Waals surface area contributed by atoms with Crippen molar-refractivity contribution in [3.8, 4) is 0 Å². The third kappa shape index (κ3) is 3.55. The molecule has 1 aromatic rings. The first-order valence-corrected chi connectivity index (χ1v) is 8.52. The highest BCUT2D eigenvalue weighted by molar-refractivity contribution is 7.99. The van der Waals surface area contributed by atoms with Crippen molar-refractivity contribution in [2.75, 3.05) is 25.4 Å². The van der Waals surface area contributed by atoms with Gasteiger partial charge in [-0.3, -0.25) is 4.79 Å². The highest BCUT2D eigenvalue weighted by Crippen LogP contribution is 2.31. The summed E-state index contributed by atoms with van der Waals surface area (Å²) in [7, 11) is 0. The minimum atomic E-state index is 0.122. The van der Waals surface area contributed by atoms with E-state index < -0.39 is 0 Å². The summed E-state index contributed by atoms with van der Waals surface area (Å²) < 4.78 is 7.35. The zero-order valence-corrected chi connectivity index (χ0v) is 13.1. The lowest BCUT2D eigenvalue weighted by molar-refractivity contribution is -0.135. The molecule has 2 heterocycles. The zero-order chi connectivity index (χ0) is 14.7. The Kier molecular flexibility index (Phi) is 4.74. The Balaban J connectivity index is 1.55. The lowest BCUT2D eigenvalue weighted by Crippen LogP contribution is -2.45. The second-order valence-corrected chi connectivity index (χ2v) is 6.60. The van der Waals surface area contributed by atoms with Crippen LogP contribution >= 0.6 is 11.8 Å². The van der Waals surface area contributed by atoms with Crippen molar-refractivity contribution in [3.05, 3.63) is 0 Å². The number of ether oxygens (including phenoxy) is 1. The third-order valence-electron chi connectivity index (χ3n) is 4.05. The first-order valence-electron chi connectivity index (χ1n) is 7.54. The van der Waals surface area contributed by atoms with Crippen LogP contribution < -0.4 is 0 Å². The van der Waals surface area contributed by atoms with E-state index in [1.165, 1.54) is 24.6 Å². The molecule has 1 saturated heterocycles. The molecule has 1 unspecified atom stereocenters. The van der Waals surface area contributed by atoms with Crippen molar-refractivity contribution < 1.29 is 9.53 Å². The highest BCUT2D eigenvalue weighted by Gasteiger charge is 2.24. The second-order valence-electron chi connectivity index (χ2n) is 5.65. The maximum absolute atomic E-state index is 12.2. The van der Waals surface area contributed by atoms with Gasteiger partial charge in [-0.05, 0) is 30.2 Å². The average molecular weight is 311 g/mol. The Morgan fingerprint density at radius 1 is 1.43 bits per heavy atom. The summed E-state index contributed by atoms with van der Waals surface area (Å²) in [5.74, 6) is 0.524. The summed E-state index contributed by atoms with van der Waals surface area (Å²) in [5.41, 5.74) is 0. The molecular weight excluding hydrogens is 290 g/mol. The van der Waals surface area contributed by atoms with Crippen LogP contribution in [0, 0.1) is 0 Å². The van der Waals surface area contributed by atoms with Gasteiger partial charge in [0.15, 0.2) is 0 Å². The number of thioether (sulfide) groups is 1. The van der Waals surface area contributed by atoms with Gasteiger partial charge < -0.3 is 9.64 Å². The lowest BCUT2D eigenvalue weighted by Gasteiger charge is -2.31. The molecule has 2 aliphatic rings. The van der Waals surface area contributed by atoms with Crippen LogP contribution in [0.3, 0.4) is 0 Å². The fourth-order valence-corrected chi connectivity index (χ4v) is 3.77. The van der Waals surface area contributed by atoms with Gasteiger partial charge in [0.05, 0.1) is 24.5 Å². The molecule has 1 amide bonds. The van der Waals surface area contributed by atoms with Gasteiger partial charge in [0.1, 0.15) is 0 Å². The number of hydrogen-bond donors (Lipinski definition) is 0. The predicted octanol–water partition coefficient (Wildman–Crippen LogP) is 1.13. The quantitative estimate of drug-likeness (QED) is 0.776. The average Bonchev–Trinajstić information content (AvgIpc) is 3.15. The van der Waals surface area contributed by atoms with E-state index in [1.54, 1.807) is 0 Å². The van der Waals surface area contributed by atoms with Crippen molar-refractivity contribution in [1.29, 1.82) is 0 Å². The molecular formula is C13H21N5O2S. The maximum Gasteiger partial charge on any atom is 0.233 e. The van der Waals surface area contributed by atoms with E-state index in [1.807, 2.05) is 16.5 Å². The molecule has 0 radical (unpaired) electrons. The monoisotopic (exact) mass is 311 g/mol. The summed E-state index contributed by atoms with van der Waals surface area (Å²) in [4.78, 5) is 14.1. The fraction of sp³-hybridized carbons (Fsp3) is 0.846. The molecule has 3 rings (SSSR count). The molecule has 0 spiro atoms. The van der Waals surface area contributed by atoms with Crippen LogP contribution in [-0.2, 0) is 9.53 Å². The molecule has 1 saturated carbocycles. The van der Waals surface area contributed by atoms with Crippen molar-refractivity contribution in [2.24, 2.45) is 0 Å². The van der Waals surface area contributed by atoms with Crippen LogP contribution in [0.25, 0.3) is 0 Å². The van der Waals surface area contributed by atoms with Crippen molar-refractivity contribution in [1.82, 2.24) is 25.1 Å². The second kappa shape index (κ2) is 6.74. The summed E-state index contributed by atoms with van der Waals surface area (Å²) in [5, 5.41) is 12.7. The van der Waals surface area contributed by atoms with E-state index in [0.717, 1.165) is 18.0 Å². The van der Waals surface area contributed by atoms with Crippen LogP contribution in [0.15, 0.2) is 5.16 Å². The molecule has 0 bridgehead atoms. The van der Waals surface area contributed by atoms with Gasteiger partial charge in [-0.2, -0.15) is 0 Å². The Hall–Kier alpha value is -1.15. The number of nitrogens with zero attached hydrogens (tertiary/aromatic N) is 5. The van der Waals surface area contributed by atoms with Crippen LogP contribution in [-0.4, -0.2) is 62.6 Å². The van der Waals surface area contributed by atoms with E-state index in [9.17, 15) is 4.79 Å². The number of morpholine rings is 1. The summed E-state index contributed by atoms with van der Waals surface area (Å²) in [6.07, 6.45) is 4.86. The number of carbonyl (C=O) groups is 1. The SMILES string of the molecule is CC1CN(C(=O)CSc2nnnn2C2CCCC2)CCO1. The smallest absolute Gasteiger partial charge is 0.233 e. The van der Waals surface area contributed by atoms with E-state index >= 15 is 0 Å². The molecule has 1 aromatic heterocycles. The molecule has 0 N–H and O–H groups in total. The molecule has 21 heavy (non-hydrogen) atoms. The molecule has 0 aromatic carbocycles. The first kappa shape index (κ1) is 14.8. The number of hydrogen-bond acceptors (Lipinski definition) is 6. The van der Waals surface area contributed by atoms with E-state index in [-0.39, 0.29) is 12.0 Å². The summed E-state index contributed by atoms with van der Waals surface area (Å²) in [6.45, 7) is 3.97. The molecule has 2 fully saturated rings. The predicted molar refractivity (Wildman–Crippen MR) is 78.0 cm³/mol. The fourth-order valence-electron chi connectivity index (χ4n) is 2.92. The molecule has 8 heteroatoms. The van der Waals surface area contributed by atoms with Crippen molar-refractivity contribution in [2.45, 2.75) is 49.9 Å². The minimum Gasteiger partial charge on any atom is -0.375 e. The van der Waals surface area contributed by atoms with Gasteiger partial charge >= 0.3 is 0 Å². The van der Waals surface area contributed by atoms with Crippen molar-refractivity contribution in [3.63, 3.8) is 0 Å². The topological polar surface area (TPSA) is 73.1 Å². The van der Waals surface area contributed by atoms with Gasteiger partial charge in [0.25, 0.3) is 0 Å².